The molecular weight excluding hydrogens is 220 g/mol. The van der Waals surface area contributed by atoms with Crippen molar-refractivity contribution in [3.8, 4) is 0 Å². The molecule has 2 atom stereocenters. The molecule has 0 fully saturated rings. The maximum absolute atomic E-state index is 3.21. The van der Waals surface area contributed by atoms with Crippen LogP contribution in [0.3, 0.4) is 0 Å². The summed E-state index contributed by atoms with van der Waals surface area (Å²) in [5, 5.41) is 3.21. The minimum atomic E-state index is 0.691. The Balaban J connectivity index is 0. The number of nitrogens with one attached hydrogen (secondary N) is 1. The third kappa shape index (κ3) is 12.4. The lowest BCUT2D eigenvalue weighted by Crippen LogP contribution is -2.33. The van der Waals surface area contributed by atoms with E-state index < -0.39 is 0 Å². The zero-order valence-electron chi connectivity index (χ0n) is 14.2. The third-order valence-electron chi connectivity index (χ3n) is 3.64. The smallest absolute Gasteiger partial charge is 0.00759 e. The lowest BCUT2D eigenvalue weighted by molar-refractivity contribution is 0.219. The molecule has 112 valence electrons. The highest BCUT2D eigenvalue weighted by atomic mass is 15.1. The molecule has 0 aliphatic rings. The molecule has 0 radical (unpaired) electrons. The fourth-order valence-corrected chi connectivity index (χ4v) is 1.53. The molecule has 2 unspecified atom stereocenters. The van der Waals surface area contributed by atoms with Gasteiger partial charge in [-0.2, -0.15) is 0 Å². The molecule has 0 spiro atoms. The quantitative estimate of drug-likeness (QED) is 0.707. The fourth-order valence-electron chi connectivity index (χ4n) is 1.53. The number of rotatable bonds is 8. The molecule has 0 aliphatic heterocycles. The van der Waals surface area contributed by atoms with Gasteiger partial charge >= 0.3 is 0 Å². The van der Waals surface area contributed by atoms with Gasteiger partial charge in [0.1, 0.15) is 0 Å². The van der Waals surface area contributed by atoms with E-state index in [1.54, 1.807) is 0 Å². The molecule has 0 bridgehead atoms. The van der Waals surface area contributed by atoms with Crippen LogP contribution >= 0.6 is 0 Å². The first-order valence-corrected chi connectivity index (χ1v) is 7.75. The van der Waals surface area contributed by atoms with Gasteiger partial charge in [0.15, 0.2) is 0 Å². The van der Waals surface area contributed by atoms with Gasteiger partial charge in [-0.25, -0.2) is 0 Å². The van der Waals surface area contributed by atoms with E-state index in [2.05, 4.69) is 58.8 Å². The Bertz CT molecular complexity index is 157. The molecular formula is C16H38N2. The van der Waals surface area contributed by atoms with E-state index in [4.69, 9.17) is 0 Å². The summed E-state index contributed by atoms with van der Waals surface area (Å²) in [6, 6.07) is 0.691. The van der Waals surface area contributed by atoms with Gasteiger partial charge in [-0.15, -0.1) is 0 Å². The fraction of sp³-hybridized carbons (Fsp3) is 1.00. The lowest BCUT2D eigenvalue weighted by Gasteiger charge is -2.26. The van der Waals surface area contributed by atoms with E-state index in [0.29, 0.717) is 6.04 Å². The van der Waals surface area contributed by atoms with Crippen LogP contribution in [0.4, 0.5) is 0 Å². The molecule has 18 heavy (non-hydrogen) atoms. The molecule has 0 aromatic heterocycles. The largest absolute Gasteiger partial charge is 0.320 e. The average molecular weight is 258 g/mol. The van der Waals surface area contributed by atoms with Crippen LogP contribution in [0.25, 0.3) is 0 Å². The van der Waals surface area contributed by atoms with Crippen LogP contribution in [0.1, 0.15) is 60.8 Å². The van der Waals surface area contributed by atoms with E-state index in [9.17, 15) is 0 Å². The summed E-state index contributed by atoms with van der Waals surface area (Å²) < 4.78 is 0. The summed E-state index contributed by atoms with van der Waals surface area (Å²) in [4.78, 5) is 2.48. The Morgan fingerprint density at radius 1 is 1.00 bits per heavy atom. The minimum absolute atomic E-state index is 0.691. The lowest BCUT2D eigenvalue weighted by atomic mass is 9.94. The SMILES string of the molecule is CCC.CNCCC(C)N(C)CCC(C)C(C)C. The molecule has 0 aromatic rings. The molecule has 0 rings (SSSR count). The minimum Gasteiger partial charge on any atom is -0.320 e. The molecule has 0 saturated carbocycles. The first-order valence-electron chi connectivity index (χ1n) is 7.75. The average Bonchev–Trinajstić information content (AvgIpc) is 2.33. The molecule has 0 aromatic carbocycles. The normalized spacial score (nSPS) is 14.3. The highest BCUT2D eigenvalue weighted by Gasteiger charge is 2.11. The van der Waals surface area contributed by atoms with Gasteiger partial charge in [0.05, 0.1) is 0 Å². The van der Waals surface area contributed by atoms with Crippen molar-refractivity contribution in [2.24, 2.45) is 11.8 Å². The first kappa shape index (κ1) is 20.2. The number of hydrogen-bond acceptors (Lipinski definition) is 2. The molecule has 2 heteroatoms. The van der Waals surface area contributed by atoms with Crippen LogP contribution in [0.5, 0.6) is 0 Å². The van der Waals surface area contributed by atoms with Crippen LogP contribution in [0.15, 0.2) is 0 Å². The number of hydrogen-bond donors (Lipinski definition) is 1. The van der Waals surface area contributed by atoms with E-state index in [1.165, 1.54) is 25.8 Å². The van der Waals surface area contributed by atoms with Gasteiger partial charge < -0.3 is 10.2 Å². The van der Waals surface area contributed by atoms with Gasteiger partial charge in [0.2, 0.25) is 0 Å². The Kier molecular flexibility index (Phi) is 15.0. The zero-order valence-corrected chi connectivity index (χ0v) is 14.2. The summed E-state index contributed by atoms with van der Waals surface area (Å²) in [5.74, 6) is 1.65. The summed E-state index contributed by atoms with van der Waals surface area (Å²) in [6.45, 7) is 15.9. The molecule has 0 heterocycles. The van der Waals surface area contributed by atoms with Crippen LogP contribution in [0.2, 0.25) is 0 Å². The standard InChI is InChI=1S/C13H30N2.C3H8/c1-11(2)12(3)8-10-15(6)13(4)7-9-14-5;1-3-2/h11-14H,7-10H2,1-6H3;3H2,1-2H3. The zero-order chi connectivity index (χ0) is 14.6. The van der Waals surface area contributed by atoms with Crippen molar-refractivity contribution in [2.45, 2.75) is 66.8 Å². The van der Waals surface area contributed by atoms with Crippen LogP contribution < -0.4 is 5.32 Å². The Morgan fingerprint density at radius 2 is 1.50 bits per heavy atom. The summed E-state index contributed by atoms with van der Waals surface area (Å²) in [6.07, 6.45) is 3.81. The van der Waals surface area contributed by atoms with E-state index in [-0.39, 0.29) is 0 Å². The van der Waals surface area contributed by atoms with Gasteiger partial charge in [0, 0.05) is 6.04 Å². The van der Waals surface area contributed by atoms with Crippen molar-refractivity contribution >= 4 is 0 Å². The van der Waals surface area contributed by atoms with Gasteiger partial charge in [0.25, 0.3) is 0 Å². The second-order valence-corrected chi connectivity index (χ2v) is 5.94. The molecule has 0 saturated heterocycles. The van der Waals surface area contributed by atoms with E-state index in [0.717, 1.165) is 18.4 Å². The van der Waals surface area contributed by atoms with Crippen LogP contribution in [-0.4, -0.2) is 38.1 Å². The Labute approximate surface area is 117 Å². The predicted molar refractivity (Wildman–Crippen MR) is 85.2 cm³/mol. The van der Waals surface area contributed by atoms with Crippen molar-refractivity contribution in [3.05, 3.63) is 0 Å². The predicted octanol–water partition coefficient (Wildman–Crippen LogP) is 4.01. The highest BCUT2D eigenvalue weighted by Crippen LogP contribution is 2.15. The van der Waals surface area contributed by atoms with Crippen molar-refractivity contribution in [1.29, 1.82) is 0 Å². The van der Waals surface area contributed by atoms with Gasteiger partial charge in [-0.1, -0.05) is 41.0 Å². The number of nitrogens with zero attached hydrogens (tertiary/aromatic N) is 1. The summed E-state index contributed by atoms with van der Waals surface area (Å²) >= 11 is 0. The van der Waals surface area contributed by atoms with Crippen molar-refractivity contribution in [2.75, 3.05) is 27.2 Å². The molecule has 0 aliphatic carbocycles. The molecule has 0 amide bonds. The topological polar surface area (TPSA) is 15.3 Å². The Morgan fingerprint density at radius 3 is 1.89 bits per heavy atom. The molecule has 1 N–H and O–H groups in total. The molecule has 2 nitrogen and oxygen atoms in total. The van der Waals surface area contributed by atoms with Crippen LogP contribution in [0, 0.1) is 11.8 Å². The van der Waals surface area contributed by atoms with Crippen molar-refractivity contribution in [3.63, 3.8) is 0 Å². The monoisotopic (exact) mass is 258 g/mol. The van der Waals surface area contributed by atoms with Crippen molar-refractivity contribution < 1.29 is 0 Å². The van der Waals surface area contributed by atoms with E-state index >= 15 is 0 Å². The maximum atomic E-state index is 3.21. The summed E-state index contributed by atoms with van der Waals surface area (Å²) in [7, 11) is 4.26. The van der Waals surface area contributed by atoms with Gasteiger partial charge in [-0.05, 0) is 58.8 Å². The second-order valence-electron chi connectivity index (χ2n) is 5.94. The second kappa shape index (κ2) is 13.4. The van der Waals surface area contributed by atoms with Gasteiger partial charge in [-0.3, -0.25) is 0 Å². The third-order valence-corrected chi connectivity index (χ3v) is 3.64. The van der Waals surface area contributed by atoms with Crippen LogP contribution in [-0.2, 0) is 0 Å². The maximum Gasteiger partial charge on any atom is 0.00759 e. The van der Waals surface area contributed by atoms with E-state index in [1.807, 2.05) is 7.05 Å². The summed E-state index contributed by atoms with van der Waals surface area (Å²) in [5.41, 5.74) is 0. The highest BCUT2D eigenvalue weighted by molar-refractivity contribution is 4.66. The first-order chi connectivity index (χ1) is 8.40. The van der Waals surface area contributed by atoms with Crippen molar-refractivity contribution in [1.82, 2.24) is 10.2 Å². The Hall–Kier alpha value is -0.0800.